The van der Waals surface area contributed by atoms with E-state index in [-0.39, 0.29) is 6.04 Å². The highest BCUT2D eigenvalue weighted by molar-refractivity contribution is 6.31. The van der Waals surface area contributed by atoms with Crippen molar-refractivity contribution >= 4 is 11.6 Å². The van der Waals surface area contributed by atoms with E-state index < -0.39 is 6.10 Å². The second kappa shape index (κ2) is 6.98. The Labute approximate surface area is 114 Å². The largest absolute Gasteiger partial charge is 0.494 e. The van der Waals surface area contributed by atoms with Gasteiger partial charge < -0.3 is 15.6 Å². The van der Waals surface area contributed by atoms with E-state index in [4.69, 9.17) is 22.1 Å². The van der Waals surface area contributed by atoms with Gasteiger partial charge in [0.05, 0.1) is 12.7 Å². The SMILES string of the molecule is CCOc1cc(C)c(Cl)cc1CCC(O)C(C)N. The molecular formula is C14H22ClNO2. The van der Waals surface area contributed by atoms with E-state index in [0.717, 1.165) is 21.9 Å². The minimum absolute atomic E-state index is 0.221. The summed E-state index contributed by atoms with van der Waals surface area (Å²) < 4.78 is 5.59. The maximum Gasteiger partial charge on any atom is 0.122 e. The molecule has 1 aromatic carbocycles. The molecule has 1 aromatic rings. The summed E-state index contributed by atoms with van der Waals surface area (Å²) in [6.45, 7) is 6.32. The van der Waals surface area contributed by atoms with Gasteiger partial charge in [0.25, 0.3) is 0 Å². The molecule has 0 spiro atoms. The van der Waals surface area contributed by atoms with Gasteiger partial charge in [-0.15, -0.1) is 0 Å². The van der Waals surface area contributed by atoms with Crippen LogP contribution in [-0.2, 0) is 6.42 Å². The van der Waals surface area contributed by atoms with Gasteiger partial charge in [-0.25, -0.2) is 0 Å². The minimum atomic E-state index is -0.500. The number of aryl methyl sites for hydroxylation is 2. The van der Waals surface area contributed by atoms with Crippen LogP contribution in [0.3, 0.4) is 0 Å². The fourth-order valence-corrected chi connectivity index (χ4v) is 1.93. The average molecular weight is 272 g/mol. The molecule has 3 N–H and O–H groups in total. The molecule has 18 heavy (non-hydrogen) atoms. The second-order valence-corrected chi connectivity index (χ2v) is 5.01. The molecule has 0 radical (unpaired) electrons. The van der Waals surface area contributed by atoms with Crippen molar-refractivity contribution in [1.82, 2.24) is 0 Å². The van der Waals surface area contributed by atoms with Crippen molar-refractivity contribution in [1.29, 1.82) is 0 Å². The first kappa shape index (κ1) is 15.3. The van der Waals surface area contributed by atoms with Gasteiger partial charge in [0, 0.05) is 11.1 Å². The van der Waals surface area contributed by atoms with Gasteiger partial charge in [-0.05, 0) is 56.9 Å². The Morgan fingerprint density at radius 3 is 2.67 bits per heavy atom. The Bertz CT molecular complexity index is 394. The highest BCUT2D eigenvalue weighted by Crippen LogP contribution is 2.28. The summed E-state index contributed by atoms with van der Waals surface area (Å²) in [7, 11) is 0. The van der Waals surface area contributed by atoms with E-state index in [1.165, 1.54) is 0 Å². The Hall–Kier alpha value is -0.770. The molecule has 0 aromatic heterocycles. The molecule has 0 aliphatic heterocycles. The predicted molar refractivity (Wildman–Crippen MR) is 75.3 cm³/mol. The number of aliphatic hydroxyl groups excluding tert-OH is 1. The predicted octanol–water partition coefficient (Wildman–Crippen LogP) is 2.69. The van der Waals surface area contributed by atoms with Crippen molar-refractivity contribution in [2.75, 3.05) is 6.61 Å². The zero-order chi connectivity index (χ0) is 13.7. The molecule has 0 amide bonds. The summed E-state index contributed by atoms with van der Waals surface area (Å²) >= 11 is 6.12. The second-order valence-electron chi connectivity index (χ2n) is 4.61. The lowest BCUT2D eigenvalue weighted by atomic mass is 10.0. The number of hydrogen-bond donors (Lipinski definition) is 2. The number of rotatable bonds is 6. The Morgan fingerprint density at radius 2 is 2.11 bits per heavy atom. The number of ether oxygens (including phenoxy) is 1. The van der Waals surface area contributed by atoms with Gasteiger partial charge in [-0.2, -0.15) is 0 Å². The zero-order valence-electron chi connectivity index (χ0n) is 11.2. The number of nitrogens with two attached hydrogens (primary N) is 1. The first-order valence-corrected chi connectivity index (χ1v) is 6.69. The van der Waals surface area contributed by atoms with Crippen molar-refractivity contribution in [3.63, 3.8) is 0 Å². The van der Waals surface area contributed by atoms with Crippen LogP contribution in [0.4, 0.5) is 0 Å². The fraction of sp³-hybridized carbons (Fsp3) is 0.571. The van der Waals surface area contributed by atoms with E-state index in [9.17, 15) is 5.11 Å². The van der Waals surface area contributed by atoms with Crippen LogP contribution in [0.5, 0.6) is 5.75 Å². The average Bonchev–Trinajstić information content (AvgIpc) is 2.31. The van der Waals surface area contributed by atoms with E-state index in [1.807, 2.05) is 26.0 Å². The molecule has 0 saturated carbocycles. The van der Waals surface area contributed by atoms with Crippen molar-refractivity contribution in [3.05, 3.63) is 28.3 Å². The molecule has 0 saturated heterocycles. The van der Waals surface area contributed by atoms with E-state index in [1.54, 1.807) is 6.92 Å². The summed E-state index contributed by atoms with van der Waals surface area (Å²) in [6.07, 6.45) is 0.814. The highest BCUT2D eigenvalue weighted by Gasteiger charge is 2.13. The van der Waals surface area contributed by atoms with E-state index >= 15 is 0 Å². The Kier molecular flexibility index (Phi) is 5.93. The molecular weight excluding hydrogens is 250 g/mol. The summed E-state index contributed by atoms with van der Waals surface area (Å²) in [5.41, 5.74) is 7.66. The molecule has 3 nitrogen and oxygen atoms in total. The smallest absolute Gasteiger partial charge is 0.122 e. The molecule has 2 atom stereocenters. The third kappa shape index (κ3) is 4.16. The lowest BCUT2D eigenvalue weighted by molar-refractivity contribution is 0.141. The van der Waals surface area contributed by atoms with Crippen LogP contribution in [-0.4, -0.2) is 23.9 Å². The van der Waals surface area contributed by atoms with Crippen LogP contribution >= 0.6 is 11.6 Å². The van der Waals surface area contributed by atoms with E-state index in [2.05, 4.69) is 0 Å². The molecule has 2 unspecified atom stereocenters. The highest BCUT2D eigenvalue weighted by atomic mass is 35.5. The Morgan fingerprint density at radius 1 is 1.44 bits per heavy atom. The molecule has 0 heterocycles. The van der Waals surface area contributed by atoms with Gasteiger partial charge in [-0.3, -0.25) is 0 Å². The third-order valence-electron chi connectivity index (χ3n) is 2.96. The molecule has 0 fully saturated rings. The standard InChI is InChI=1S/C14H22ClNO2/c1-4-18-14-7-9(2)12(15)8-11(14)5-6-13(17)10(3)16/h7-8,10,13,17H,4-6,16H2,1-3H3. The zero-order valence-corrected chi connectivity index (χ0v) is 12.0. The topological polar surface area (TPSA) is 55.5 Å². The molecule has 4 heteroatoms. The van der Waals surface area contributed by atoms with Crippen LogP contribution in [0.1, 0.15) is 31.4 Å². The number of benzene rings is 1. The van der Waals surface area contributed by atoms with Crippen LogP contribution in [0.25, 0.3) is 0 Å². The summed E-state index contributed by atoms with van der Waals surface area (Å²) in [4.78, 5) is 0. The first-order valence-electron chi connectivity index (χ1n) is 6.31. The summed E-state index contributed by atoms with van der Waals surface area (Å²) in [6, 6.07) is 3.64. The van der Waals surface area contributed by atoms with Gasteiger partial charge in [0.1, 0.15) is 5.75 Å². The van der Waals surface area contributed by atoms with Gasteiger partial charge in [-0.1, -0.05) is 11.6 Å². The monoisotopic (exact) mass is 271 g/mol. The Balaban J connectivity index is 2.82. The molecule has 0 aliphatic carbocycles. The lowest BCUT2D eigenvalue weighted by Gasteiger charge is -2.16. The third-order valence-corrected chi connectivity index (χ3v) is 3.37. The molecule has 0 aliphatic rings. The molecule has 1 rings (SSSR count). The normalized spacial score (nSPS) is 14.3. The van der Waals surface area contributed by atoms with Crippen LogP contribution < -0.4 is 10.5 Å². The van der Waals surface area contributed by atoms with Crippen molar-refractivity contribution in [3.8, 4) is 5.75 Å². The van der Waals surface area contributed by atoms with Crippen molar-refractivity contribution in [2.45, 2.75) is 45.8 Å². The molecule has 0 bridgehead atoms. The van der Waals surface area contributed by atoms with Gasteiger partial charge in [0.15, 0.2) is 0 Å². The van der Waals surface area contributed by atoms with Crippen LogP contribution in [0, 0.1) is 6.92 Å². The van der Waals surface area contributed by atoms with Gasteiger partial charge >= 0.3 is 0 Å². The minimum Gasteiger partial charge on any atom is -0.494 e. The maximum atomic E-state index is 9.73. The maximum absolute atomic E-state index is 9.73. The lowest BCUT2D eigenvalue weighted by Crippen LogP contribution is -2.31. The summed E-state index contributed by atoms with van der Waals surface area (Å²) in [5, 5.41) is 10.5. The molecule has 102 valence electrons. The number of aliphatic hydroxyl groups is 1. The van der Waals surface area contributed by atoms with Crippen LogP contribution in [0.15, 0.2) is 12.1 Å². The number of hydrogen-bond acceptors (Lipinski definition) is 3. The summed E-state index contributed by atoms with van der Waals surface area (Å²) in [5.74, 6) is 0.844. The first-order chi connectivity index (χ1) is 8.45. The van der Waals surface area contributed by atoms with Crippen LogP contribution in [0.2, 0.25) is 5.02 Å². The fourth-order valence-electron chi connectivity index (χ4n) is 1.75. The van der Waals surface area contributed by atoms with E-state index in [0.29, 0.717) is 19.4 Å². The quantitative estimate of drug-likeness (QED) is 0.836. The van der Waals surface area contributed by atoms with Crippen molar-refractivity contribution in [2.24, 2.45) is 5.73 Å². The van der Waals surface area contributed by atoms with Gasteiger partial charge in [0.2, 0.25) is 0 Å². The number of halogens is 1. The van der Waals surface area contributed by atoms with Crippen molar-refractivity contribution < 1.29 is 9.84 Å².